The molecule has 5 heteroatoms. The molecular formula is C15H28N2O2S. The van der Waals surface area contributed by atoms with Gasteiger partial charge in [0, 0.05) is 24.7 Å². The Hall–Kier alpha value is -0.490. The van der Waals surface area contributed by atoms with Crippen LogP contribution >= 0.6 is 11.3 Å². The summed E-state index contributed by atoms with van der Waals surface area (Å²) in [6.45, 7) is 6.03. The molecule has 1 aromatic heterocycles. The van der Waals surface area contributed by atoms with E-state index in [4.69, 9.17) is 4.74 Å². The van der Waals surface area contributed by atoms with Gasteiger partial charge in [0.15, 0.2) is 0 Å². The molecule has 0 saturated heterocycles. The fraction of sp³-hybridized carbons (Fsp3) is 0.800. The zero-order valence-electron chi connectivity index (χ0n) is 12.7. The second-order valence-electron chi connectivity index (χ2n) is 5.03. The average Bonchev–Trinajstić information content (AvgIpc) is 2.97. The number of rotatable bonds is 12. The van der Waals surface area contributed by atoms with Crippen molar-refractivity contribution in [2.45, 2.75) is 58.1 Å². The van der Waals surface area contributed by atoms with Gasteiger partial charge in [-0.2, -0.15) is 0 Å². The highest BCUT2D eigenvalue weighted by Gasteiger charge is 2.13. The van der Waals surface area contributed by atoms with E-state index in [-0.39, 0.29) is 6.04 Å². The second kappa shape index (κ2) is 11.2. The molecular weight excluding hydrogens is 272 g/mol. The number of aliphatic hydroxyl groups excluding tert-OH is 1. The summed E-state index contributed by atoms with van der Waals surface area (Å²) >= 11 is 1.65. The van der Waals surface area contributed by atoms with Gasteiger partial charge in [0.05, 0.1) is 18.8 Å². The van der Waals surface area contributed by atoms with Crippen LogP contribution < -0.4 is 5.32 Å². The van der Waals surface area contributed by atoms with Crippen LogP contribution in [-0.4, -0.2) is 36.0 Å². The van der Waals surface area contributed by atoms with Crippen molar-refractivity contribution in [2.75, 3.05) is 19.8 Å². The first kappa shape index (κ1) is 17.6. The Morgan fingerprint density at radius 3 is 2.85 bits per heavy atom. The summed E-state index contributed by atoms with van der Waals surface area (Å²) in [5, 5.41) is 16.3. The molecule has 2 atom stereocenters. The molecule has 0 amide bonds. The predicted molar refractivity (Wildman–Crippen MR) is 84.1 cm³/mol. The molecule has 2 N–H and O–H groups in total. The van der Waals surface area contributed by atoms with Gasteiger partial charge in [0.1, 0.15) is 5.01 Å². The van der Waals surface area contributed by atoms with Gasteiger partial charge in [-0.1, -0.05) is 33.1 Å². The van der Waals surface area contributed by atoms with Crippen molar-refractivity contribution < 1.29 is 9.84 Å². The zero-order valence-corrected chi connectivity index (χ0v) is 13.5. The Morgan fingerprint density at radius 1 is 1.35 bits per heavy atom. The Labute approximate surface area is 126 Å². The molecule has 4 nitrogen and oxygen atoms in total. The number of unbranched alkanes of at least 4 members (excludes halogenated alkanes) is 3. The van der Waals surface area contributed by atoms with E-state index in [2.05, 4.69) is 24.1 Å². The SMILES string of the molecule is CCCCCCOCC(O)CNC(CC)c1nccs1. The molecule has 0 fully saturated rings. The summed E-state index contributed by atoms with van der Waals surface area (Å²) < 4.78 is 5.50. The summed E-state index contributed by atoms with van der Waals surface area (Å²) in [7, 11) is 0. The van der Waals surface area contributed by atoms with Crippen LogP contribution in [0.2, 0.25) is 0 Å². The fourth-order valence-corrected chi connectivity index (χ4v) is 2.80. The smallest absolute Gasteiger partial charge is 0.109 e. The van der Waals surface area contributed by atoms with E-state index in [9.17, 15) is 5.11 Å². The highest BCUT2D eigenvalue weighted by molar-refractivity contribution is 7.09. The second-order valence-corrected chi connectivity index (χ2v) is 5.95. The summed E-state index contributed by atoms with van der Waals surface area (Å²) in [5.41, 5.74) is 0. The molecule has 0 aliphatic rings. The van der Waals surface area contributed by atoms with E-state index in [1.165, 1.54) is 19.3 Å². The van der Waals surface area contributed by atoms with Gasteiger partial charge in [-0.3, -0.25) is 0 Å². The van der Waals surface area contributed by atoms with E-state index in [0.29, 0.717) is 13.2 Å². The molecule has 0 aromatic carbocycles. The summed E-state index contributed by atoms with van der Waals surface area (Å²) in [5.74, 6) is 0. The minimum Gasteiger partial charge on any atom is -0.389 e. The average molecular weight is 300 g/mol. The quantitative estimate of drug-likeness (QED) is 0.582. The third kappa shape index (κ3) is 7.33. The summed E-state index contributed by atoms with van der Waals surface area (Å²) in [6, 6.07) is 0.231. The first-order chi connectivity index (χ1) is 9.77. The minimum absolute atomic E-state index is 0.231. The number of nitrogens with zero attached hydrogens (tertiary/aromatic N) is 1. The number of aromatic nitrogens is 1. The van der Waals surface area contributed by atoms with E-state index in [0.717, 1.165) is 24.5 Å². The van der Waals surface area contributed by atoms with Gasteiger partial charge in [-0.15, -0.1) is 11.3 Å². The highest BCUT2D eigenvalue weighted by Crippen LogP contribution is 2.18. The molecule has 0 saturated carbocycles. The topological polar surface area (TPSA) is 54.4 Å². The standard InChI is InChI=1S/C15H28N2O2S/c1-3-5-6-7-9-19-12-13(18)11-17-14(4-2)15-16-8-10-20-15/h8,10,13-14,17-18H,3-7,9,11-12H2,1-2H3. The lowest BCUT2D eigenvalue weighted by Gasteiger charge is -2.17. The lowest BCUT2D eigenvalue weighted by molar-refractivity contribution is 0.0340. The monoisotopic (exact) mass is 300 g/mol. The van der Waals surface area contributed by atoms with E-state index in [1.807, 2.05) is 11.6 Å². The van der Waals surface area contributed by atoms with Crippen LogP contribution in [0.1, 0.15) is 57.0 Å². The molecule has 1 heterocycles. The van der Waals surface area contributed by atoms with Gasteiger partial charge >= 0.3 is 0 Å². The fourth-order valence-electron chi connectivity index (χ4n) is 2.00. The molecule has 0 aliphatic carbocycles. The van der Waals surface area contributed by atoms with Crippen molar-refractivity contribution in [3.8, 4) is 0 Å². The van der Waals surface area contributed by atoms with Crippen molar-refractivity contribution in [1.82, 2.24) is 10.3 Å². The maximum absolute atomic E-state index is 9.89. The summed E-state index contributed by atoms with van der Waals surface area (Å²) in [4.78, 5) is 4.31. The molecule has 2 unspecified atom stereocenters. The first-order valence-electron chi connectivity index (χ1n) is 7.66. The molecule has 0 bridgehead atoms. The molecule has 0 aliphatic heterocycles. The normalized spacial score (nSPS) is 14.3. The van der Waals surface area contributed by atoms with Gasteiger partial charge in [0.2, 0.25) is 0 Å². The van der Waals surface area contributed by atoms with Crippen LogP contribution in [0.15, 0.2) is 11.6 Å². The first-order valence-corrected chi connectivity index (χ1v) is 8.54. The van der Waals surface area contributed by atoms with Crippen LogP contribution in [0, 0.1) is 0 Å². The number of hydrogen-bond donors (Lipinski definition) is 2. The number of aliphatic hydroxyl groups is 1. The maximum Gasteiger partial charge on any atom is 0.109 e. The van der Waals surface area contributed by atoms with Crippen molar-refractivity contribution in [1.29, 1.82) is 0 Å². The van der Waals surface area contributed by atoms with Crippen LogP contribution in [-0.2, 0) is 4.74 Å². The molecule has 20 heavy (non-hydrogen) atoms. The van der Waals surface area contributed by atoms with E-state index < -0.39 is 6.10 Å². The molecule has 0 radical (unpaired) electrons. The molecule has 1 aromatic rings. The van der Waals surface area contributed by atoms with E-state index >= 15 is 0 Å². The molecule has 116 valence electrons. The van der Waals surface area contributed by atoms with Crippen LogP contribution in [0.25, 0.3) is 0 Å². The van der Waals surface area contributed by atoms with Gasteiger partial charge in [0.25, 0.3) is 0 Å². The van der Waals surface area contributed by atoms with Crippen LogP contribution in [0.3, 0.4) is 0 Å². The van der Waals surface area contributed by atoms with Gasteiger partial charge in [-0.25, -0.2) is 4.98 Å². The van der Waals surface area contributed by atoms with Crippen molar-refractivity contribution in [3.63, 3.8) is 0 Å². The number of thiazole rings is 1. The van der Waals surface area contributed by atoms with Crippen molar-refractivity contribution in [2.24, 2.45) is 0 Å². The minimum atomic E-state index is -0.449. The number of nitrogens with one attached hydrogen (secondary N) is 1. The molecule has 0 spiro atoms. The highest BCUT2D eigenvalue weighted by atomic mass is 32.1. The zero-order chi connectivity index (χ0) is 14.6. The van der Waals surface area contributed by atoms with Gasteiger partial charge < -0.3 is 15.2 Å². The number of ether oxygens (including phenoxy) is 1. The van der Waals surface area contributed by atoms with E-state index in [1.54, 1.807) is 11.3 Å². The van der Waals surface area contributed by atoms with Gasteiger partial charge in [-0.05, 0) is 12.8 Å². The Morgan fingerprint density at radius 2 is 2.20 bits per heavy atom. The van der Waals surface area contributed by atoms with Crippen LogP contribution in [0.5, 0.6) is 0 Å². The third-order valence-corrected chi connectivity index (χ3v) is 4.10. The Bertz CT molecular complexity index is 320. The van der Waals surface area contributed by atoms with Crippen molar-refractivity contribution in [3.05, 3.63) is 16.6 Å². The maximum atomic E-state index is 9.89. The predicted octanol–water partition coefficient (Wildman–Crippen LogP) is 3.14. The molecule has 1 rings (SSSR count). The lowest BCUT2D eigenvalue weighted by atomic mass is 10.2. The lowest BCUT2D eigenvalue weighted by Crippen LogP contribution is -2.33. The van der Waals surface area contributed by atoms with Crippen molar-refractivity contribution >= 4 is 11.3 Å². The largest absolute Gasteiger partial charge is 0.389 e. The Balaban J connectivity index is 2.08. The summed E-state index contributed by atoms with van der Waals surface area (Å²) in [6.07, 6.45) is 7.15. The number of hydrogen-bond acceptors (Lipinski definition) is 5. The third-order valence-electron chi connectivity index (χ3n) is 3.21. The van der Waals surface area contributed by atoms with Crippen LogP contribution in [0.4, 0.5) is 0 Å². The Kier molecular flexibility index (Phi) is 9.83.